The molecule has 2 fully saturated rings. The van der Waals surface area contributed by atoms with Crippen LogP contribution in [0.25, 0.3) is 0 Å². The smallest absolute Gasteiger partial charge is 0.0678 e. The van der Waals surface area contributed by atoms with Crippen molar-refractivity contribution < 1.29 is 4.74 Å². The van der Waals surface area contributed by atoms with Crippen LogP contribution in [0.5, 0.6) is 0 Å². The number of nitrogens with zero attached hydrogens (tertiary/aromatic N) is 1. The Hall–Kier alpha value is -0.120. The van der Waals surface area contributed by atoms with Crippen LogP contribution in [0.3, 0.4) is 0 Å². The Bertz CT molecular complexity index is 160. The molecule has 2 atom stereocenters. The summed E-state index contributed by atoms with van der Waals surface area (Å²) in [6.45, 7) is 10.2. The van der Waals surface area contributed by atoms with Crippen LogP contribution in [-0.4, -0.2) is 49.8 Å². The zero-order chi connectivity index (χ0) is 9.26. The average Bonchev–Trinajstić information content (AvgIpc) is 1.95. The Balaban J connectivity index is 1.77. The minimum absolute atomic E-state index is 0.414. The van der Waals surface area contributed by atoms with E-state index in [0.717, 1.165) is 19.0 Å². The molecule has 0 spiro atoms. The van der Waals surface area contributed by atoms with Gasteiger partial charge in [-0.05, 0) is 19.8 Å². The van der Waals surface area contributed by atoms with Crippen LogP contribution in [-0.2, 0) is 4.74 Å². The standard InChI is InChI=1S/C10H20N2O/c1-8-5-12(6-9(2)13-8)7-10-3-11-4-10/h8-11H,3-7H2,1-2H3/t8-,9+. The Morgan fingerprint density at radius 3 is 2.31 bits per heavy atom. The van der Waals surface area contributed by atoms with Gasteiger partial charge in [-0.25, -0.2) is 0 Å². The Labute approximate surface area is 80.4 Å². The number of ether oxygens (including phenoxy) is 1. The predicted octanol–water partition coefficient (Wildman–Crippen LogP) is 0.315. The minimum Gasteiger partial charge on any atom is -0.373 e. The van der Waals surface area contributed by atoms with Crippen molar-refractivity contribution in [2.45, 2.75) is 26.1 Å². The van der Waals surface area contributed by atoms with Gasteiger partial charge in [-0.2, -0.15) is 0 Å². The summed E-state index contributed by atoms with van der Waals surface area (Å²) in [6.07, 6.45) is 0.827. The van der Waals surface area contributed by atoms with Crippen LogP contribution in [0.4, 0.5) is 0 Å². The molecule has 76 valence electrons. The van der Waals surface area contributed by atoms with Gasteiger partial charge < -0.3 is 10.1 Å². The lowest BCUT2D eigenvalue weighted by Gasteiger charge is -2.39. The molecule has 2 heterocycles. The maximum absolute atomic E-state index is 5.69. The summed E-state index contributed by atoms with van der Waals surface area (Å²) in [5.41, 5.74) is 0. The second-order valence-electron chi connectivity index (χ2n) is 4.50. The zero-order valence-electron chi connectivity index (χ0n) is 8.62. The second kappa shape index (κ2) is 3.95. The molecule has 3 heteroatoms. The van der Waals surface area contributed by atoms with Crippen LogP contribution >= 0.6 is 0 Å². The molecule has 0 aromatic heterocycles. The highest BCUT2D eigenvalue weighted by Crippen LogP contribution is 2.13. The average molecular weight is 184 g/mol. The van der Waals surface area contributed by atoms with Gasteiger partial charge in [0.1, 0.15) is 0 Å². The summed E-state index contributed by atoms with van der Waals surface area (Å²) in [5, 5.41) is 3.32. The van der Waals surface area contributed by atoms with E-state index in [0.29, 0.717) is 12.2 Å². The molecule has 0 bridgehead atoms. The normalized spacial score (nSPS) is 37.4. The van der Waals surface area contributed by atoms with Crippen LogP contribution in [0.2, 0.25) is 0 Å². The van der Waals surface area contributed by atoms with Gasteiger partial charge in [-0.3, -0.25) is 4.90 Å². The van der Waals surface area contributed by atoms with Gasteiger partial charge in [-0.1, -0.05) is 0 Å². The van der Waals surface area contributed by atoms with Gasteiger partial charge in [0.25, 0.3) is 0 Å². The molecular formula is C10H20N2O. The van der Waals surface area contributed by atoms with Crippen molar-refractivity contribution in [1.82, 2.24) is 10.2 Å². The summed E-state index contributed by atoms with van der Waals surface area (Å²) in [5.74, 6) is 0.887. The number of rotatable bonds is 2. The predicted molar refractivity (Wildman–Crippen MR) is 52.8 cm³/mol. The molecule has 0 saturated carbocycles. The van der Waals surface area contributed by atoms with Gasteiger partial charge in [0, 0.05) is 32.7 Å². The SMILES string of the molecule is C[C@@H]1CN(CC2CNC2)C[C@H](C)O1. The third-order valence-corrected chi connectivity index (χ3v) is 2.88. The first-order valence-corrected chi connectivity index (χ1v) is 5.32. The summed E-state index contributed by atoms with van der Waals surface area (Å²) in [6, 6.07) is 0. The van der Waals surface area contributed by atoms with Gasteiger partial charge >= 0.3 is 0 Å². The zero-order valence-corrected chi connectivity index (χ0v) is 8.62. The first kappa shape index (κ1) is 9.44. The molecule has 0 aromatic rings. The first-order chi connectivity index (χ1) is 6.24. The highest BCUT2D eigenvalue weighted by molar-refractivity contribution is 4.81. The van der Waals surface area contributed by atoms with E-state index < -0.39 is 0 Å². The van der Waals surface area contributed by atoms with Crippen molar-refractivity contribution in [3.8, 4) is 0 Å². The molecule has 2 rings (SSSR count). The van der Waals surface area contributed by atoms with E-state index in [1.807, 2.05) is 0 Å². The fourth-order valence-corrected chi connectivity index (χ4v) is 2.28. The van der Waals surface area contributed by atoms with E-state index in [4.69, 9.17) is 4.74 Å². The molecule has 0 aliphatic carbocycles. The first-order valence-electron chi connectivity index (χ1n) is 5.32. The van der Waals surface area contributed by atoms with E-state index >= 15 is 0 Å². The summed E-state index contributed by atoms with van der Waals surface area (Å²) < 4.78 is 5.69. The minimum atomic E-state index is 0.414. The molecule has 1 N–H and O–H groups in total. The molecule has 13 heavy (non-hydrogen) atoms. The second-order valence-corrected chi connectivity index (χ2v) is 4.50. The van der Waals surface area contributed by atoms with Gasteiger partial charge in [0.15, 0.2) is 0 Å². The molecule has 2 aliphatic rings. The molecule has 2 aliphatic heterocycles. The van der Waals surface area contributed by atoms with Crippen molar-refractivity contribution in [3.63, 3.8) is 0 Å². The molecule has 2 saturated heterocycles. The number of hydrogen-bond donors (Lipinski definition) is 1. The number of nitrogens with one attached hydrogen (secondary N) is 1. The van der Waals surface area contributed by atoms with Crippen molar-refractivity contribution in [1.29, 1.82) is 0 Å². The van der Waals surface area contributed by atoms with Crippen LogP contribution in [0.15, 0.2) is 0 Å². The van der Waals surface area contributed by atoms with Gasteiger partial charge in [0.2, 0.25) is 0 Å². The largest absolute Gasteiger partial charge is 0.373 e. The molecule has 3 nitrogen and oxygen atoms in total. The Morgan fingerprint density at radius 1 is 1.23 bits per heavy atom. The third kappa shape index (κ3) is 2.42. The maximum atomic E-state index is 5.69. The fourth-order valence-electron chi connectivity index (χ4n) is 2.28. The lowest BCUT2D eigenvalue weighted by atomic mass is 10.0. The molecule has 0 unspecified atom stereocenters. The van der Waals surface area contributed by atoms with Crippen LogP contribution in [0.1, 0.15) is 13.8 Å². The van der Waals surface area contributed by atoms with Crippen molar-refractivity contribution in [2.75, 3.05) is 32.7 Å². The topological polar surface area (TPSA) is 24.5 Å². The molecule has 0 radical (unpaired) electrons. The van der Waals surface area contributed by atoms with E-state index in [2.05, 4.69) is 24.1 Å². The van der Waals surface area contributed by atoms with Gasteiger partial charge in [-0.15, -0.1) is 0 Å². The summed E-state index contributed by atoms with van der Waals surface area (Å²) in [7, 11) is 0. The maximum Gasteiger partial charge on any atom is 0.0678 e. The molecular weight excluding hydrogens is 164 g/mol. The molecule has 0 amide bonds. The Morgan fingerprint density at radius 2 is 1.85 bits per heavy atom. The lowest BCUT2D eigenvalue weighted by Crippen LogP contribution is -2.53. The third-order valence-electron chi connectivity index (χ3n) is 2.88. The van der Waals surface area contributed by atoms with E-state index in [-0.39, 0.29) is 0 Å². The quantitative estimate of drug-likeness (QED) is 0.668. The van der Waals surface area contributed by atoms with Crippen molar-refractivity contribution in [2.24, 2.45) is 5.92 Å². The molecule has 0 aromatic carbocycles. The monoisotopic (exact) mass is 184 g/mol. The summed E-state index contributed by atoms with van der Waals surface area (Å²) in [4.78, 5) is 2.55. The van der Waals surface area contributed by atoms with Crippen LogP contribution < -0.4 is 5.32 Å². The van der Waals surface area contributed by atoms with Crippen molar-refractivity contribution in [3.05, 3.63) is 0 Å². The number of morpholine rings is 1. The summed E-state index contributed by atoms with van der Waals surface area (Å²) >= 11 is 0. The highest BCUT2D eigenvalue weighted by atomic mass is 16.5. The van der Waals surface area contributed by atoms with Crippen molar-refractivity contribution >= 4 is 0 Å². The van der Waals surface area contributed by atoms with E-state index in [9.17, 15) is 0 Å². The Kier molecular flexibility index (Phi) is 2.86. The van der Waals surface area contributed by atoms with E-state index in [1.54, 1.807) is 0 Å². The van der Waals surface area contributed by atoms with E-state index in [1.165, 1.54) is 19.6 Å². The van der Waals surface area contributed by atoms with Gasteiger partial charge in [0.05, 0.1) is 12.2 Å². The van der Waals surface area contributed by atoms with Crippen LogP contribution in [0, 0.1) is 5.92 Å². The lowest BCUT2D eigenvalue weighted by molar-refractivity contribution is -0.0729. The number of hydrogen-bond acceptors (Lipinski definition) is 3. The highest BCUT2D eigenvalue weighted by Gasteiger charge is 2.26. The fraction of sp³-hybridized carbons (Fsp3) is 1.00.